The van der Waals surface area contributed by atoms with Crippen molar-refractivity contribution in [3.63, 3.8) is 0 Å². The molecular formula is C29H40N2Ti. The number of nitrogens with zero attached hydrogens (tertiary/aromatic N) is 2. The molecule has 170 valence electrons. The van der Waals surface area contributed by atoms with Crippen LogP contribution in [0.5, 0.6) is 0 Å². The van der Waals surface area contributed by atoms with Crippen LogP contribution >= 0.6 is 0 Å². The molecule has 32 heavy (non-hydrogen) atoms. The van der Waals surface area contributed by atoms with Crippen LogP contribution in [-0.2, 0) is 19.2 Å². The molecule has 1 aliphatic carbocycles. The van der Waals surface area contributed by atoms with Gasteiger partial charge < -0.3 is 10.6 Å². The molecule has 1 aliphatic rings. The largest absolute Gasteiger partial charge is 0.668 e. The van der Waals surface area contributed by atoms with E-state index in [1.807, 2.05) is 36.4 Å². The van der Waals surface area contributed by atoms with Crippen LogP contribution in [-0.4, -0.2) is 28.2 Å². The molecule has 0 heterocycles. The first-order chi connectivity index (χ1) is 15.4. The Balaban J connectivity index is 0.000000513. The third-order valence-corrected chi connectivity index (χ3v) is 5.85. The van der Waals surface area contributed by atoms with Crippen molar-refractivity contribution in [2.45, 2.75) is 30.9 Å². The molecule has 2 aromatic carbocycles. The predicted molar refractivity (Wildman–Crippen MR) is 143 cm³/mol. The van der Waals surface area contributed by atoms with E-state index in [-0.39, 0.29) is 19.2 Å². The van der Waals surface area contributed by atoms with Crippen LogP contribution in [0.2, 0.25) is 3.72 Å². The van der Waals surface area contributed by atoms with Crippen molar-refractivity contribution >= 4 is 12.2 Å². The van der Waals surface area contributed by atoms with E-state index in [9.17, 15) is 0 Å². The molecule has 0 fully saturated rings. The minimum Gasteiger partial charge on any atom is -0.668 e. The van der Waals surface area contributed by atoms with E-state index >= 15 is 0 Å². The summed E-state index contributed by atoms with van der Waals surface area (Å²) in [5.41, 5.74) is 2.44. The Kier molecular flexibility index (Phi) is 18.5. The van der Waals surface area contributed by atoms with Crippen molar-refractivity contribution in [2.24, 2.45) is 0 Å². The van der Waals surface area contributed by atoms with Gasteiger partial charge in [-0.2, -0.15) is 28.2 Å². The zero-order valence-electron chi connectivity index (χ0n) is 20.9. The summed E-state index contributed by atoms with van der Waals surface area (Å²) >= 11 is 0.146. The zero-order chi connectivity index (χ0) is 24.1. The van der Waals surface area contributed by atoms with E-state index in [1.165, 1.54) is 17.5 Å². The molecule has 2 nitrogen and oxygen atoms in total. The van der Waals surface area contributed by atoms with Gasteiger partial charge in [-0.1, -0.05) is 85.0 Å². The maximum atomic E-state index is 3.50. The van der Waals surface area contributed by atoms with E-state index in [1.54, 1.807) is 32.1 Å². The second kappa shape index (κ2) is 19.7. The SMILES string of the molecule is C(C=Cc1ccccc1)=Cc1ccccc1.C[C](C)(C)[Ti+2][C]1=CC=CC1.C[N-]C.C[N-]C. The number of hydrogen-bond acceptors (Lipinski definition) is 0. The van der Waals surface area contributed by atoms with Gasteiger partial charge in [0.2, 0.25) is 0 Å². The van der Waals surface area contributed by atoms with Crippen LogP contribution in [0.4, 0.5) is 0 Å². The summed E-state index contributed by atoms with van der Waals surface area (Å²) in [6.07, 6.45) is 16.3. The maximum absolute atomic E-state index is 3.50. The van der Waals surface area contributed by atoms with Gasteiger partial charge in [-0.25, -0.2) is 0 Å². The first-order valence-corrected chi connectivity index (χ1v) is 12.5. The van der Waals surface area contributed by atoms with E-state index in [2.05, 4.69) is 98.2 Å². The molecule has 0 aliphatic heterocycles. The first kappa shape index (κ1) is 30.0. The fourth-order valence-corrected chi connectivity index (χ4v) is 4.61. The van der Waals surface area contributed by atoms with Crippen LogP contribution in [0.3, 0.4) is 0 Å². The van der Waals surface area contributed by atoms with Gasteiger partial charge in [0, 0.05) is 0 Å². The molecule has 0 amide bonds. The summed E-state index contributed by atoms with van der Waals surface area (Å²) in [4.78, 5) is 0. The standard InChI is InChI=1S/C16H14.C5H5.C4H9.2C2H6N.Ti/c1-3-9-15(10-4-1)13-7-8-14-16-11-5-2-6-12-16;1-2-4-5-3-1;1-4(2)3;2*1-3-2;/h1-14H;1-3H,4H2;1-3H3;2*1-2H3;/q;;;2*-1;+2. The number of hydrogen-bond donors (Lipinski definition) is 0. The average Bonchev–Trinajstić information content (AvgIpc) is 3.26. The predicted octanol–water partition coefficient (Wildman–Crippen LogP) is 8.78. The quantitative estimate of drug-likeness (QED) is 0.320. The summed E-state index contributed by atoms with van der Waals surface area (Å²) in [7, 11) is 7.00. The summed E-state index contributed by atoms with van der Waals surface area (Å²) in [5.74, 6) is 0. The second-order valence-electron chi connectivity index (χ2n) is 8.13. The molecule has 0 N–H and O–H groups in total. The molecule has 3 rings (SSSR count). The van der Waals surface area contributed by atoms with Gasteiger partial charge >= 0.3 is 72.2 Å². The van der Waals surface area contributed by atoms with Gasteiger partial charge in [0.25, 0.3) is 0 Å². The van der Waals surface area contributed by atoms with Crippen molar-refractivity contribution in [3.8, 4) is 0 Å². The van der Waals surface area contributed by atoms with Gasteiger partial charge in [-0.3, -0.25) is 0 Å². The van der Waals surface area contributed by atoms with Crippen LogP contribution in [0.25, 0.3) is 22.8 Å². The van der Waals surface area contributed by atoms with Crippen LogP contribution in [0, 0.1) is 0 Å². The minimum atomic E-state index is 0.146. The Morgan fingerprint density at radius 3 is 1.44 bits per heavy atom. The van der Waals surface area contributed by atoms with Gasteiger partial charge in [0.05, 0.1) is 0 Å². The van der Waals surface area contributed by atoms with E-state index in [0.717, 1.165) is 0 Å². The summed E-state index contributed by atoms with van der Waals surface area (Å²) < 4.78 is 2.28. The number of rotatable bonds is 4. The van der Waals surface area contributed by atoms with Gasteiger partial charge in [-0.15, -0.1) is 0 Å². The van der Waals surface area contributed by atoms with Crippen molar-refractivity contribution in [1.29, 1.82) is 0 Å². The smallest absolute Gasteiger partial charge is 0.162 e. The Bertz CT molecular complexity index is 749. The second-order valence-corrected chi connectivity index (χ2v) is 11.9. The zero-order valence-corrected chi connectivity index (χ0v) is 22.5. The van der Waals surface area contributed by atoms with Crippen LogP contribution < -0.4 is 0 Å². The fourth-order valence-electron chi connectivity index (χ4n) is 2.48. The molecule has 2 aromatic rings. The van der Waals surface area contributed by atoms with Crippen LogP contribution in [0.15, 0.2) is 94.9 Å². The van der Waals surface area contributed by atoms with E-state index in [4.69, 9.17) is 0 Å². The van der Waals surface area contributed by atoms with Gasteiger partial charge in [0.1, 0.15) is 0 Å². The minimum absolute atomic E-state index is 0.146. The monoisotopic (exact) mass is 464 g/mol. The van der Waals surface area contributed by atoms with Crippen molar-refractivity contribution in [1.82, 2.24) is 0 Å². The average molecular weight is 465 g/mol. The summed E-state index contributed by atoms with van der Waals surface area (Å²) in [6, 6.07) is 20.6. The number of allylic oxidation sites excluding steroid dienone is 6. The molecule has 0 saturated heterocycles. The molecular weight excluding hydrogens is 424 g/mol. The van der Waals surface area contributed by atoms with Gasteiger partial charge in [0.15, 0.2) is 0 Å². The topological polar surface area (TPSA) is 28.2 Å². The molecule has 0 spiro atoms. The number of benzene rings is 2. The van der Waals surface area contributed by atoms with Crippen molar-refractivity contribution in [2.75, 3.05) is 28.2 Å². The molecule has 0 aromatic heterocycles. The third-order valence-electron chi connectivity index (χ3n) is 3.59. The molecule has 0 radical (unpaired) electrons. The van der Waals surface area contributed by atoms with Crippen molar-refractivity contribution in [3.05, 3.63) is 117 Å². The molecule has 0 atom stereocenters. The summed E-state index contributed by atoms with van der Waals surface area (Å²) in [6.45, 7) is 7.02. The Labute approximate surface area is 206 Å². The van der Waals surface area contributed by atoms with E-state index < -0.39 is 0 Å². The Morgan fingerprint density at radius 1 is 0.719 bits per heavy atom. The third kappa shape index (κ3) is 18.8. The summed E-state index contributed by atoms with van der Waals surface area (Å²) in [5, 5.41) is 7.00. The normalized spacial score (nSPS) is 12.0. The Hall–Kier alpha value is -1.97. The fraction of sp³-hybridized carbons (Fsp3) is 0.310. The maximum Gasteiger partial charge on any atom is -0.162 e. The van der Waals surface area contributed by atoms with Gasteiger partial charge in [-0.05, 0) is 11.1 Å². The Morgan fingerprint density at radius 2 is 1.12 bits per heavy atom. The molecule has 0 saturated carbocycles. The molecule has 0 bridgehead atoms. The first-order valence-electron chi connectivity index (χ1n) is 10.9. The molecule has 0 unspecified atom stereocenters. The van der Waals surface area contributed by atoms with Crippen molar-refractivity contribution < 1.29 is 19.2 Å². The molecule has 3 heteroatoms. The van der Waals surface area contributed by atoms with E-state index in [0.29, 0.717) is 3.72 Å². The van der Waals surface area contributed by atoms with Crippen LogP contribution in [0.1, 0.15) is 38.3 Å².